The van der Waals surface area contributed by atoms with Crippen LogP contribution in [-0.4, -0.2) is 9.78 Å². The van der Waals surface area contributed by atoms with Gasteiger partial charge in [-0.15, -0.1) is 0 Å². The van der Waals surface area contributed by atoms with E-state index in [-0.39, 0.29) is 5.82 Å². The van der Waals surface area contributed by atoms with E-state index < -0.39 is 6.04 Å². The van der Waals surface area contributed by atoms with Crippen molar-refractivity contribution >= 4 is 15.9 Å². The second-order valence-electron chi connectivity index (χ2n) is 3.81. The molecule has 1 atom stereocenters. The number of aryl methyl sites for hydroxylation is 1. The number of nitrogens with two attached hydrogens (primary N) is 1. The fourth-order valence-electron chi connectivity index (χ4n) is 1.93. The summed E-state index contributed by atoms with van der Waals surface area (Å²) in [7, 11) is 0. The molecule has 1 aromatic carbocycles. The van der Waals surface area contributed by atoms with Gasteiger partial charge < -0.3 is 0 Å². The molecule has 3 N–H and O–H groups in total. The highest BCUT2D eigenvalue weighted by Gasteiger charge is 2.20. The Labute approximate surface area is 113 Å². The number of nitrogens with one attached hydrogen (secondary N) is 1. The molecule has 0 fully saturated rings. The molecule has 2 aromatic rings. The van der Waals surface area contributed by atoms with Crippen LogP contribution in [0, 0.1) is 5.82 Å². The van der Waals surface area contributed by atoms with Crippen molar-refractivity contribution in [3.05, 3.63) is 52.0 Å². The topological polar surface area (TPSA) is 55.9 Å². The van der Waals surface area contributed by atoms with E-state index in [2.05, 4.69) is 26.5 Å². The molecule has 2 rings (SSSR count). The molecule has 1 aromatic heterocycles. The van der Waals surface area contributed by atoms with Gasteiger partial charge in [-0.25, -0.2) is 9.82 Å². The Hall–Kier alpha value is -1.24. The highest BCUT2D eigenvalue weighted by atomic mass is 79.9. The lowest BCUT2D eigenvalue weighted by molar-refractivity contribution is 0.514. The molecule has 96 valence electrons. The maximum absolute atomic E-state index is 14.1. The molecular weight excluding hydrogens is 299 g/mol. The van der Waals surface area contributed by atoms with Crippen molar-refractivity contribution < 1.29 is 4.39 Å². The van der Waals surface area contributed by atoms with E-state index in [0.717, 1.165) is 5.69 Å². The molecule has 0 saturated heterocycles. The summed E-state index contributed by atoms with van der Waals surface area (Å²) >= 11 is 3.18. The summed E-state index contributed by atoms with van der Waals surface area (Å²) in [5.41, 5.74) is 3.96. The molecule has 1 heterocycles. The Morgan fingerprint density at radius 3 is 2.94 bits per heavy atom. The second-order valence-corrected chi connectivity index (χ2v) is 4.67. The zero-order chi connectivity index (χ0) is 13.1. The average molecular weight is 313 g/mol. The minimum atomic E-state index is -0.426. The molecule has 0 saturated carbocycles. The molecule has 4 nitrogen and oxygen atoms in total. The number of hydrogen-bond donors (Lipinski definition) is 2. The molecule has 0 bridgehead atoms. The second kappa shape index (κ2) is 5.60. The van der Waals surface area contributed by atoms with E-state index in [1.54, 1.807) is 29.1 Å². The van der Waals surface area contributed by atoms with Gasteiger partial charge in [0.1, 0.15) is 5.82 Å². The summed E-state index contributed by atoms with van der Waals surface area (Å²) in [5.74, 6) is 5.25. The van der Waals surface area contributed by atoms with Crippen LogP contribution < -0.4 is 11.3 Å². The smallest absolute Gasteiger partial charge is 0.142 e. The minimum Gasteiger partial charge on any atom is -0.271 e. The summed E-state index contributed by atoms with van der Waals surface area (Å²) in [5, 5.41) is 4.17. The Kier molecular flexibility index (Phi) is 4.11. The van der Waals surface area contributed by atoms with Crippen molar-refractivity contribution in [1.29, 1.82) is 0 Å². The van der Waals surface area contributed by atoms with Crippen molar-refractivity contribution in [2.24, 2.45) is 5.84 Å². The predicted molar refractivity (Wildman–Crippen MR) is 71.2 cm³/mol. The van der Waals surface area contributed by atoms with E-state index in [1.165, 1.54) is 0 Å². The van der Waals surface area contributed by atoms with Crippen LogP contribution in [0.25, 0.3) is 0 Å². The van der Waals surface area contributed by atoms with Crippen molar-refractivity contribution in [3.63, 3.8) is 0 Å². The Morgan fingerprint density at radius 1 is 1.50 bits per heavy atom. The van der Waals surface area contributed by atoms with Crippen LogP contribution in [0.15, 0.2) is 34.9 Å². The molecule has 18 heavy (non-hydrogen) atoms. The predicted octanol–water partition coefficient (Wildman–Crippen LogP) is 2.36. The van der Waals surface area contributed by atoms with Crippen LogP contribution >= 0.6 is 15.9 Å². The van der Waals surface area contributed by atoms with Crippen LogP contribution in [0.1, 0.15) is 24.2 Å². The van der Waals surface area contributed by atoms with Gasteiger partial charge in [-0.05, 0) is 35.0 Å². The first-order valence-corrected chi connectivity index (χ1v) is 6.40. The molecule has 0 spiro atoms. The number of nitrogens with zero attached hydrogens (tertiary/aromatic N) is 2. The summed E-state index contributed by atoms with van der Waals surface area (Å²) in [4.78, 5) is 0. The first-order valence-electron chi connectivity index (χ1n) is 5.60. The van der Waals surface area contributed by atoms with Gasteiger partial charge in [-0.2, -0.15) is 5.10 Å². The third-order valence-corrected chi connectivity index (χ3v) is 3.42. The van der Waals surface area contributed by atoms with E-state index in [0.29, 0.717) is 16.6 Å². The Balaban J connectivity index is 2.49. The first-order chi connectivity index (χ1) is 8.69. The van der Waals surface area contributed by atoms with E-state index in [9.17, 15) is 4.39 Å². The number of hydrogen-bond acceptors (Lipinski definition) is 3. The largest absolute Gasteiger partial charge is 0.271 e. The van der Waals surface area contributed by atoms with Crippen molar-refractivity contribution in [3.8, 4) is 0 Å². The standard InChI is InChI=1S/C12H14BrFN4/c1-2-18-10(6-7-16-18)12(17-15)8-4-3-5-9(13)11(8)14/h3-7,12,17H,2,15H2,1H3. The van der Waals surface area contributed by atoms with Crippen molar-refractivity contribution in [1.82, 2.24) is 15.2 Å². The lowest BCUT2D eigenvalue weighted by Crippen LogP contribution is -2.31. The maximum Gasteiger partial charge on any atom is 0.142 e. The highest BCUT2D eigenvalue weighted by molar-refractivity contribution is 9.10. The Bertz CT molecular complexity index is 541. The van der Waals surface area contributed by atoms with Crippen LogP contribution in [0.4, 0.5) is 4.39 Å². The number of rotatable bonds is 4. The summed E-state index contributed by atoms with van der Waals surface area (Å²) < 4.78 is 16.3. The number of aromatic nitrogens is 2. The molecule has 0 aliphatic heterocycles. The fourth-order valence-corrected chi connectivity index (χ4v) is 2.31. The van der Waals surface area contributed by atoms with Crippen LogP contribution in [-0.2, 0) is 6.54 Å². The number of hydrazine groups is 1. The van der Waals surface area contributed by atoms with Gasteiger partial charge in [0.05, 0.1) is 16.2 Å². The number of benzene rings is 1. The van der Waals surface area contributed by atoms with Gasteiger partial charge in [0.25, 0.3) is 0 Å². The van der Waals surface area contributed by atoms with E-state index in [1.807, 2.05) is 13.0 Å². The van der Waals surface area contributed by atoms with E-state index >= 15 is 0 Å². The quantitative estimate of drug-likeness (QED) is 0.673. The zero-order valence-electron chi connectivity index (χ0n) is 9.90. The summed E-state index contributed by atoms with van der Waals surface area (Å²) in [6.07, 6.45) is 1.68. The molecular formula is C12H14BrFN4. The Morgan fingerprint density at radius 2 is 2.28 bits per heavy atom. The minimum absolute atomic E-state index is 0.315. The molecule has 0 aliphatic rings. The molecule has 0 aliphatic carbocycles. The third-order valence-electron chi connectivity index (χ3n) is 2.80. The van der Waals surface area contributed by atoms with Gasteiger partial charge in [0, 0.05) is 18.3 Å². The lowest BCUT2D eigenvalue weighted by atomic mass is 10.0. The lowest BCUT2D eigenvalue weighted by Gasteiger charge is -2.18. The third kappa shape index (κ3) is 2.31. The normalized spacial score (nSPS) is 12.7. The average Bonchev–Trinajstić information content (AvgIpc) is 2.83. The van der Waals surface area contributed by atoms with Crippen molar-refractivity contribution in [2.75, 3.05) is 0 Å². The van der Waals surface area contributed by atoms with Gasteiger partial charge in [-0.1, -0.05) is 12.1 Å². The van der Waals surface area contributed by atoms with Crippen LogP contribution in [0.3, 0.4) is 0 Å². The molecule has 1 unspecified atom stereocenters. The SMILES string of the molecule is CCn1nccc1C(NN)c1cccc(Br)c1F. The fraction of sp³-hybridized carbons (Fsp3) is 0.250. The molecule has 0 amide bonds. The van der Waals surface area contributed by atoms with Crippen molar-refractivity contribution in [2.45, 2.75) is 19.5 Å². The van der Waals surface area contributed by atoms with Gasteiger partial charge in [0.15, 0.2) is 0 Å². The van der Waals surface area contributed by atoms with Gasteiger partial charge in [-0.3, -0.25) is 10.5 Å². The maximum atomic E-state index is 14.1. The van der Waals surface area contributed by atoms with Gasteiger partial charge in [0.2, 0.25) is 0 Å². The van der Waals surface area contributed by atoms with Crippen LogP contribution in [0.5, 0.6) is 0 Å². The monoisotopic (exact) mass is 312 g/mol. The van der Waals surface area contributed by atoms with E-state index in [4.69, 9.17) is 5.84 Å². The number of halogens is 2. The summed E-state index contributed by atoms with van der Waals surface area (Å²) in [6.45, 7) is 2.68. The zero-order valence-corrected chi connectivity index (χ0v) is 11.5. The summed E-state index contributed by atoms with van der Waals surface area (Å²) in [6, 6.07) is 6.54. The first kappa shape index (κ1) is 13.2. The van der Waals surface area contributed by atoms with Gasteiger partial charge >= 0.3 is 0 Å². The van der Waals surface area contributed by atoms with Crippen LogP contribution in [0.2, 0.25) is 0 Å². The molecule has 0 radical (unpaired) electrons. The molecule has 6 heteroatoms. The highest BCUT2D eigenvalue weighted by Crippen LogP contribution is 2.27.